The van der Waals surface area contributed by atoms with Gasteiger partial charge in [0.05, 0.1) is 7.11 Å². The Bertz CT molecular complexity index is 627. The van der Waals surface area contributed by atoms with Crippen molar-refractivity contribution in [3.05, 3.63) is 53.8 Å². The minimum atomic E-state index is -1.30. The molecular weight excluding hydrogens is 266 g/mol. The molecule has 1 N–H and O–H groups in total. The van der Waals surface area contributed by atoms with Crippen LogP contribution in [-0.2, 0) is 14.3 Å². The zero-order valence-corrected chi connectivity index (χ0v) is 12.3. The van der Waals surface area contributed by atoms with Gasteiger partial charge in [-0.3, -0.25) is 4.79 Å². The first-order valence-corrected chi connectivity index (χ1v) is 6.37. The summed E-state index contributed by atoms with van der Waals surface area (Å²) in [5, 5.41) is 2.52. The average molecular weight is 283 g/mol. The summed E-state index contributed by atoms with van der Waals surface area (Å²) in [6.07, 6.45) is 3.06. The van der Waals surface area contributed by atoms with Crippen LogP contribution in [-0.4, -0.2) is 24.5 Å². The lowest BCUT2D eigenvalue weighted by Crippen LogP contribution is -2.50. The summed E-state index contributed by atoms with van der Waals surface area (Å²) in [4.78, 5) is 23.6. The highest BCUT2D eigenvalue weighted by Crippen LogP contribution is 2.08. The van der Waals surface area contributed by atoms with E-state index in [-0.39, 0.29) is 0 Å². The summed E-state index contributed by atoms with van der Waals surface area (Å²) in [6, 6.07) is 9.10. The highest BCUT2D eigenvalue weighted by Gasteiger charge is 2.33. The summed E-state index contributed by atoms with van der Waals surface area (Å²) in [5.41, 5.74) is 2.19. The molecule has 0 aliphatic carbocycles. The topological polar surface area (TPSA) is 55.4 Å². The molecule has 4 nitrogen and oxygen atoms in total. The molecule has 0 spiro atoms. The van der Waals surface area contributed by atoms with Crippen LogP contribution in [0.1, 0.15) is 19.4 Å². The molecule has 1 amide bonds. The molecule has 4 heteroatoms. The van der Waals surface area contributed by atoms with Crippen LogP contribution in [0.4, 0.5) is 0 Å². The normalized spacial score (nSPS) is 11.8. The van der Waals surface area contributed by atoms with E-state index in [1.165, 1.54) is 20.1 Å². The molecule has 0 bridgehead atoms. The number of hydrogen-bond donors (Lipinski definition) is 1. The van der Waals surface area contributed by atoms with Gasteiger partial charge < -0.3 is 10.1 Å². The zero-order chi connectivity index (χ0) is 15.7. The lowest BCUT2D eigenvalue weighted by atomic mass is 10.0. The summed E-state index contributed by atoms with van der Waals surface area (Å²) in [5.74, 6) is 4.01. The number of hydrogen-bond acceptors (Lipinski definition) is 3. The second-order valence-electron chi connectivity index (χ2n) is 4.36. The quantitative estimate of drug-likeness (QED) is 0.523. The third-order valence-electron chi connectivity index (χ3n) is 2.62. The van der Waals surface area contributed by atoms with Crippen molar-refractivity contribution >= 4 is 11.9 Å². The predicted molar refractivity (Wildman–Crippen MR) is 80.2 cm³/mol. The average Bonchev–Trinajstić information content (AvgIpc) is 2.51. The minimum absolute atomic E-state index is 0.569. The Kier molecular flexibility index (Phi) is 6.00. The number of methoxy groups -OCH3 is 1. The maximum Gasteiger partial charge on any atom is 0.336 e. The third-order valence-corrected chi connectivity index (χ3v) is 2.62. The van der Waals surface area contributed by atoms with Crippen molar-refractivity contribution in [2.24, 2.45) is 0 Å². The number of amides is 1. The van der Waals surface area contributed by atoms with E-state index in [2.05, 4.69) is 27.6 Å². The van der Waals surface area contributed by atoms with Gasteiger partial charge in [-0.05, 0) is 38.1 Å². The molecule has 1 aromatic carbocycles. The van der Waals surface area contributed by atoms with E-state index in [0.29, 0.717) is 0 Å². The van der Waals surface area contributed by atoms with Gasteiger partial charge in [-0.25, -0.2) is 4.79 Å². The van der Waals surface area contributed by atoms with Crippen molar-refractivity contribution in [3.63, 3.8) is 0 Å². The molecule has 21 heavy (non-hydrogen) atoms. The Hall–Kier alpha value is -2.76. The number of carbonyl (C=O) groups is 2. The molecular formula is C17H17NO3. The first kappa shape index (κ1) is 16.3. The van der Waals surface area contributed by atoms with Crippen molar-refractivity contribution in [1.82, 2.24) is 5.32 Å². The highest BCUT2D eigenvalue weighted by molar-refractivity contribution is 5.98. The first-order valence-electron chi connectivity index (χ1n) is 6.37. The third kappa shape index (κ3) is 5.02. The lowest BCUT2D eigenvalue weighted by Gasteiger charge is -2.22. The molecule has 0 radical (unpaired) electrons. The fraction of sp³-hybridized carbons (Fsp3) is 0.235. The molecule has 108 valence electrons. The molecule has 1 aromatic rings. The van der Waals surface area contributed by atoms with Crippen LogP contribution in [0.25, 0.3) is 0 Å². The Morgan fingerprint density at radius 2 is 1.95 bits per heavy atom. The second-order valence-corrected chi connectivity index (χ2v) is 4.36. The lowest BCUT2D eigenvalue weighted by molar-refractivity contribution is -0.147. The van der Waals surface area contributed by atoms with E-state index in [0.717, 1.165) is 5.56 Å². The first-order chi connectivity index (χ1) is 10.0. The van der Waals surface area contributed by atoms with E-state index in [4.69, 9.17) is 0 Å². The van der Waals surface area contributed by atoms with Crippen molar-refractivity contribution < 1.29 is 14.3 Å². The molecule has 0 saturated heterocycles. The molecule has 0 aliphatic heterocycles. The van der Waals surface area contributed by atoms with Crippen LogP contribution < -0.4 is 5.32 Å². The van der Waals surface area contributed by atoms with Gasteiger partial charge in [0, 0.05) is 11.5 Å². The smallest absolute Gasteiger partial charge is 0.336 e. The van der Waals surface area contributed by atoms with Gasteiger partial charge in [-0.1, -0.05) is 24.1 Å². The number of ether oxygens (including phenoxy) is 1. The standard InChI is InChI=1S/C17H17NO3/c1-4-5-13-17(2,16(20)21-3)18-15(19)12-11-14-9-7-6-8-10-14/h4,6-10,13H,1-3H3,(H,18,19). The largest absolute Gasteiger partial charge is 0.467 e. The van der Waals surface area contributed by atoms with Gasteiger partial charge in [-0.15, -0.1) is 5.73 Å². The number of esters is 1. The van der Waals surface area contributed by atoms with Crippen molar-refractivity contribution in [2.75, 3.05) is 7.11 Å². The SMILES string of the molecule is CC=C=CC(C)(NC(=O)C#Cc1ccccc1)C(=O)OC. The molecule has 1 rings (SSSR count). The highest BCUT2D eigenvalue weighted by atomic mass is 16.5. The Morgan fingerprint density at radius 1 is 1.29 bits per heavy atom. The Balaban J connectivity index is 2.90. The van der Waals surface area contributed by atoms with Gasteiger partial charge in [0.25, 0.3) is 5.91 Å². The van der Waals surface area contributed by atoms with Crippen molar-refractivity contribution in [3.8, 4) is 11.8 Å². The molecule has 1 unspecified atom stereocenters. The molecule has 0 aromatic heterocycles. The summed E-state index contributed by atoms with van der Waals surface area (Å²) < 4.78 is 4.69. The van der Waals surface area contributed by atoms with Crippen LogP contribution in [0, 0.1) is 11.8 Å². The van der Waals surface area contributed by atoms with Crippen LogP contribution in [0.5, 0.6) is 0 Å². The number of benzene rings is 1. The summed E-state index contributed by atoms with van der Waals surface area (Å²) in [6.45, 7) is 3.28. The van der Waals surface area contributed by atoms with Gasteiger partial charge in [0.15, 0.2) is 5.54 Å². The molecule has 0 fully saturated rings. The van der Waals surface area contributed by atoms with Gasteiger partial charge in [-0.2, -0.15) is 0 Å². The minimum Gasteiger partial charge on any atom is -0.467 e. The van der Waals surface area contributed by atoms with E-state index in [1.54, 1.807) is 25.1 Å². The van der Waals surface area contributed by atoms with Crippen LogP contribution in [0.3, 0.4) is 0 Å². The Labute approximate surface area is 124 Å². The molecule has 0 heterocycles. The maximum absolute atomic E-state index is 11.9. The van der Waals surface area contributed by atoms with Gasteiger partial charge in [0.1, 0.15) is 0 Å². The number of nitrogens with one attached hydrogen (secondary N) is 1. The fourth-order valence-corrected chi connectivity index (χ4v) is 1.53. The molecule has 1 atom stereocenters. The van der Waals surface area contributed by atoms with E-state index in [1.807, 2.05) is 18.2 Å². The fourth-order valence-electron chi connectivity index (χ4n) is 1.53. The predicted octanol–water partition coefficient (Wildman–Crippen LogP) is 1.82. The van der Waals surface area contributed by atoms with Gasteiger partial charge in [0.2, 0.25) is 0 Å². The van der Waals surface area contributed by atoms with E-state index >= 15 is 0 Å². The van der Waals surface area contributed by atoms with Crippen LogP contribution >= 0.6 is 0 Å². The second kappa shape index (κ2) is 7.74. The zero-order valence-electron chi connectivity index (χ0n) is 12.3. The van der Waals surface area contributed by atoms with Crippen molar-refractivity contribution in [1.29, 1.82) is 0 Å². The van der Waals surface area contributed by atoms with Crippen molar-refractivity contribution in [2.45, 2.75) is 19.4 Å². The number of rotatable bonds is 3. The maximum atomic E-state index is 11.9. The molecule has 0 aliphatic rings. The van der Waals surface area contributed by atoms with Gasteiger partial charge >= 0.3 is 5.97 Å². The summed E-state index contributed by atoms with van der Waals surface area (Å²) in [7, 11) is 1.26. The monoisotopic (exact) mass is 283 g/mol. The van der Waals surface area contributed by atoms with Crippen LogP contribution in [0.2, 0.25) is 0 Å². The van der Waals surface area contributed by atoms with Crippen LogP contribution in [0.15, 0.2) is 48.2 Å². The summed E-state index contributed by atoms with van der Waals surface area (Å²) >= 11 is 0. The molecule has 0 saturated carbocycles. The number of carbonyl (C=O) groups excluding carboxylic acids is 2. The van der Waals surface area contributed by atoms with E-state index in [9.17, 15) is 9.59 Å². The Morgan fingerprint density at radius 3 is 2.52 bits per heavy atom. The van der Waals surface area contributed by atoms with E-state index < -0.39 is 17.4 Å².